The van der Waals surface area contributed by atoms with Gasteiger partial charge in [-0.1, -0.05) is 0 Å². The maximum Gasteiger partial charge on any atom is 0.231 e. The number of hydrogen-bond acceptors (Lipinski definition) is 8. The lowest BCUT2D eigenvalue weighted by Crippen LogP contribution is -2.48. The summed E-state index contributed by atoms with van der Waals surface area (Å²) in [6, 6.07) is 0. The molecule has 2 aliphatic heterocycles. The molecule has 2 saturated heterocycles. The number of aliphatic hydroxyl groups excluding tert-OH is 1. The highest BCUT2D eigenvalue weighted by molar-refractivity contribution is 5.75. The van der Waals surface area contributed by atoms with E-state index < -0.39 is 17.8 Å². The standard InChI is InChI=1S/C22H37FN6O3/c1-4-29(10-15-5-7-22(2,3)32-13-15)21-19(23)20(26-14-27-21)25-9-16-6-8-28(11-17(16)30)12-18(24)31/h14-17,30H,4-13H2,1-3H3,(H2,24,31)(H,25,26,27)/t15-,16-,17+/m1/s1. The van der Waals surface area contributed by atoms with Gasteiger partial charge in [-0.05, 0) is 52.5 Å². The van der Waals surface area contributed by atoms with Gasteiger partial charge < -0.3 is 25.8 Å². The number of primary amides is 1. The van der Waals surface area contributed by atoms with Gasteiger partial charge in [0.15, 0.2) is 11.6 Å². The fourth-order valence-corrected chi connectivity index (χ4v) is 4.45. The summed E-state index contributed by atoms with van der Waals surface area (Å²) in [5, 5.41) is 13.5. The van der Waals surface area contributed by atoms with Crippen molar-refractivity contribution in [1.82, 2.24) is 14.9 Å². The number of hydrogen-bond donors (Lipinski definition) is 3. The molecule has 1 aromatic heterocycles. The number of halogens is 1. The molecule has 180 valence electrons. The van der Waals surface area contributed by atoms with Crippen molar-refractivity contribution in [2.45, 2.75) is 51.7 Å². The average molecular weight is 453 g/mol. The van der Waals surface area contributed by atoms with E-state index in [1.807, 2.05) is 16.7 Å². The van der Waals surface area contributed by atoms with Crippen molar-refractivity contribution >= 4 is 17.5 Å². The monoisotopic (exact) mass is 452 g/mol. The molecule has 0 spiro atoms. The van der Waals surface area contributed by atoms with Gasteiger partial charge in [0.1, 0.15) is 6.33 Å². The molecule has 2 aliphatic rings. The zero-order chi connectivity index (χ0) is 23.3. The molecule has 3 atom stereocenters. The van der Waals surface area contributed by atoms with Crippen molar-refractivity contribution in [1.29, 1.82) is 0 Å². The van der Waals surface area contributed by atoms with E-state index in [0.717, 1.165) is 12.8 Å². The van der Waals surface area contributed by atoms with Crippen molar-refractivity contribution < 1.29 is 19.0 Å². The highest BCUT2D eigenvalue weighted by atomic mass is 19.1. The second-order valence-corrected chi connectivity index (χ2v) is 9.57. The lowest BCUT2D eigenvalue weighted by Gasteiger charge is -2.37. The lowest BCUT2D eigenvalue weighted by atomic mass is 9.91. The zero-order valence-electron chi connectivity index (χ0n) is 19.4. The van der Waals surface area contributed by atoms with Crippen LogP contribution in [0.1, 0.15) is 40.0 Å². The summed E-state index contributed by atoms with van der Waals surface area (Å²) in [5.41, 5.74) is 5.14. The Morgan fingerprint density at radius 2 is 2.22 bits per heavy atom. The average Bonchev–Trinajstić information content (AvgIpc) is 2.73. The molecule has 0 radical (unpaired) electrons. The third-order valence-corrected chi connectivity index (χ3v) is 6.51. The summed E-state index contributed by atoms with van der Waals surface area (Å²) in [5.74, 6) is -0.204. The minimum Gasteiger partial charge on any atom is -0.391 e. The molecule has 0 saturated carbocycles. The fraction of sp³-hybridized carbons (Fsp3) is 0.773. The van der Waals surface area contributed by atoms with E-state index in [4.69, 9.17) is 10.5 Å². The number of aliphatic hydroxyl groups is 1. The number of nitrogens with two attached hydrogens (primary N) is 1. The van der Waals surface area contributed by atoms with Crippen LogP contribution in [0.4, 0.5) is 16.0 Å². The summed E-state index contributed by atoms with van der Waals surface area (Å²) in [7, 11) is 0. The maximum absolute atomic E-state index is 15.3. The molecule has 0 aromatic carbocycles. The van der Waals surface area contributed by atoms with E-state index in [1.54, 1.807) is 0 Å². The minimum absolute atomic E-state index is 0.0676. The summed E-state index contributed by atoms with van der Waals surface area (Å²) >= 11 is 0. The van der Waals surface area contributed by atoms with Crippen molar-refractivity contribution in [3.8, 4) is 0 Å². The van der Waals surface area contributed by atoms with Crippen LogP contribution in [-0.4, -0.2) is 83.5 Å². The van der Waals surface area contributed by atoms with Gasteiger partial charge in [0.2, 0.25) is 11.7 Å². The first-order valence-corrected chi connectivity index (χ1v) is 11.5. The number of nitrogens with zero attached hydrogens (tertiary/aromatic N) is 4. The van der Waals surface area contributed by atoms with Crippen LogP contribution in [0.25, 0.3) is 0 Å². The third kappa shape index (κ3) is 6.49. The van der Waals surface area contributed by atoms with Crippen molar-refractivity contribution in [2.24, 2.45) is 17.6 Å². The molecule has 0 unspecified atom stereocenters. The predicted molar refractivity (Wildman–Crippen MR) is 121 cm³/mol. The minimum atomic E-state index is -0.623. The molecule has 9 nitrogen and oxygen atoms in total. The molecule has 32 heavy (non-hydrogen) atoms. The number of carbonyl (C=O) groups is 1. The SMILES string of the molecule is CCN(C[C@H]1CCC(C)(C)OC1)c1ncnc(NC[C@H]2CCN(CC(N)=O)C[C@@H]2O)c1F. The maximum atomic E-state index is 15.3. The van der Waals surface area contributed by atoms with Crippen LogP contribution in [-0.2, 0) is 9.53 Å². The van der Waals surface area contributed by atoms with E-state index in [2.05, 4.69) is 29.1 Å². The molecule has 0 aliphatic carbocycles. The number of ether oxygens (including phenoxy) is 1. The van der Waals surface area contributed by atoms with E-state index in [-0.39, 0.29) is 29.7 Å². The first-order chi connectivity index (χ1) is 15.2. The van der Waals surface area contributed by atoms with E-state index in [9.17, 15) is 9.90 Å². The third-order valence-electron chi connectivity index (χ3n) is 6.51. The van der Waals surface area contributed by atoms with Gasteiger partial charge in [0.05, 0.1) is 24.9 Å². The van der Waals surface area contributed by atoms with Gasteiger partial charge in [-0.3, -0.25) is 9.69 Å². The topological polar surface area (TPSA) is 117 Å². The Labute approximate surface area is 189 Å². The number of amides is 1. The number of carbonyl (C=O) groups excluding carboxylic acids is 1. The van der Waals surface area contributed by atoms with Crippen molar-refractivity contribution in [3.63, 3.8) is 0 Å². The highest BCUT2D eigenvalue weighted by Gasteiger charge is 2.30. The summed E-state index contributed by atoms with van der Waals surface area (Å²) in [4.78, 5) is 23.2. The second-order valence-electron chi connectivity index (χ2n) is 9.57. The number of piperidine rings is 1. The molecule has 4 N–H and O–H groups in total. The Kier molecular flexibility index (Phi) is 8.24. The number of β-amino-alcohol motifs (C(OH)–C–C–N with tert-alkyl or cyclic N) is 1. The largest absolute Gasteiger partial charge is 0.391 e. The Bertz CT molecular complexity index is 770. The van der Waals surface area contributed by atoms with Gasteiger partial charge in [-0.2, -0.15) is 4.39 Å². The fourth-order valence-electron chi connectivity index (χ4n) is 4.45. The molecule has 0 bridgehead atoms. The Balaban J connectivity index is 1.58. The van der Waals surface area contributed by atoms with Crippen LogP contribution in [0.3, 0.4) is 0 Å². The van der Waals surface area contributed by atoms with Crippen LogP contribution in [0, 0.1) is 17.7 Å². The van der Waals surface area contributed by atoms with Crippen LogP contribution >= 0.6 is 0 Å². The summed E-state index contributed by atoms with van der Waals surface area (Å²) in [6.45, 7) is 9.70. The van der Waals surface area contributed by atoms with Crippen LogP contribution in [0.2, 0.25) is 0 Å². The quantitative estimate of drug-likeness (QED) is 0.512. The summed E-state index contributed by atoms with van der Waals surface area (Å²) < 4.78 is 21.2. The molecular weight excluding hydrogens is 415 g/mol. The number of nitrogens with one attached hydrogen (secondary N) is 1. The Morgan fingerprint density at radius 3 is 2.84 bits per heavy atom. The first-order valence-electron chi connectivity index (χ1n) is 11.5. The lowest BCUT2D eigenvalue weighted by molar-refractivity contribution is -0.120. The first kappa shape index (κ1) is 24.6. The second kappa shape index (κ2) is 10.7. The molecule has 2 fully saturated rings. The van der Waals surface area contributed by atoms with Gasteiger partial charge >= 0.3 is 0 Å². The predicted octanol–water partition coefficient (Wildman–Crippen LogP) is 1.23. The van der Waals surface area contributed by atoms with Gasteiger partial charge in [-0.25, -0.2) is 9.97 Å². The van der Waals surface area contributed by atoms with Crippen molar-refractivity contribution in [2.75, 3.05) is 56.1 Å². The van der Waals surface area contributed by atoms with E-state index in [1.165, 1.54) is 6.33 Å². The smallest absolute Gasteiger partial charge is 0.231 e. The zero-order valence-corrected chi connectivity index (χ0v) is 19.4. The molecule has 10 heteroatoms. The highest BCUT2D eigenvalue weighted by Crippen LogP contribution is 2.30. The van der Waals surface area contributed by atoms with E-state index >= 15 is 4.39 Å². The van der Waals surface area contributed by atoms with Crippen LogP contribution in [0.5, 0.6) is 0 Å². The van der Waals surface area contributed by atoms with Crippen LogP contribution in [0.15, 0.2) is 6.33 Å². The van der Waals surface area contributed by atoms with Gasteiger partial charge in [0.25, 0.3) is 0 Å². The number of aromatic nitrogens is 2. The number of likely N-dealkylation sites (tertiary alicyclic amines) is 1. The molecule has 3 rings (SSSR count). The van der Waals surface area contributed by atoms with Crippen LogP contribution < -0.4 is 16.0 Å². The van der Waals surface area contributed by atoms with Gasteiger partial charge in [-0.15, -0.1) is 0 Å². The Hall–Kier alpha value is -2.04. The number of rotatable bonds is 9. The summed E-state index contributed by atoms with van der Waals surface area (Å²) in [6.07, 6.45) is 3.45. The molecule has 1 aromatic rings. The van der Waals surface area contributed by atoms with E-state index in [0.29, 0.717) is 51.7 Å². The normalized spacial score (nSPS) is 26.0. The number of anilines is 2. The Morgan fingerprint density at radius 1 is 1.44 bits per heavy atom. The molecular formula is C22H37FN6O3. The molecule has 1 amide bonds. The molecule has 3 heterocycles. The van der Waals surface area contributed by atoms with Gasteiger partial charge in [0, 0.05) is 32.1 Å². The van der Waals surface area contributed by atoms with Crippen molar-refractivity contribution in [3.05, 3.63) is 12.1 Å².